The summed E-state index contributed by atoms with van der Waals surface area (Å²) < 4.78 is 15.6. The fraction of sp³-hybridized carbons (Fsp3) is 0.417. The first-order chi connectivity index (χ1) is 8.45. The second kappa shape index (κ2) is 6.39. The average Bonchev–Trinajstić information content (AvgIpc) is 2.32. The predicted octanol–water partition coefficient (Wildman–Crippen LogP) is 1.15. The van der Waals surface area contributed by atoms with Crippen molar-refractivity contribution in [2.24, 2.45) is 0 Å². The zero-order valence-electron chi connectivity index (χ0n) is 10.8. The number of carbonyl (C=O) groups excluding carboxylic acids is 1. The molecule has 6 heteroatoms. The molecule has 1 atom stereocenters. The van der Waals surface area contributed by atoms with Crippen molar-refractivity contribution in [3.8, 4) is 0 Å². The second-order valence-electron chi connectivity index (χ2n) is 3.95. The molecule has 1 aromatic carbocycles. The molecule has 18 heavy (non-hydrogen) atoms. The Bertz CT molecular complexity index is 475. The van der Waals surface area contributed by atoms with Crippen LogP contribution in [-0.4, -0.2) is 35.8 Å². The molecular formula is C12H18N2O3S. The lowest BCUT2D eigenvalue weighted by Crippen LogP contribution is -2.12. The van der Waals surface area contributed by atoms with Crippen LogP contribution in [0.15, 0.2) is 12.1 Å². The van der Waals surface area contributed by atoms with Crippen molar-refractivity contribution in [2.45, 2.75) is 6.92 Å². The van der Waals surface area contributed by atoms with E-state index in [1.54, 1.807) is 12.3 Å². The Hall–Kier alpha value is -1.56. The third-order valence-electron chi connectivity index (χ3n) is 2.51. The molecule has 0 fully saturated rings. The highest BCUT2D eigenvalue weighted by Crippen LogP contribution is 2.23. The molecule has 0 saturated heterocycles. The van der Waals surface area contributed by atoms with E-state index in [9.17, 15) is 9.00 Å². The van der Waals surface area contributed by atoms with Gasteiger partial charge in [-0.25, -0.2) is 4.79 Å². The molecule has 0 aliphatic heterocycles. The van der Waals surface area contributed by atoms with E-state index >= 15 is 0 Å². The molecule has 0 bridgehead atoms. The van der Waals surface area contributed by atoms with Gasteiger partial charge >= 0.3 is 5.97 Å². The van der Waals surface area contributed by atoms with Gasteiger partial charge in [-0.05, 0) is 24.6 Å². The number of hydrogen-bond acceptors (Lipinski definition) is 5. The zero-order chi connectivity index (χ0) is 13.7. The van der Waals surface area contributed by atoms with Crippen molar-refractivity contribution in [3.63, 3.8) is 0 Å². The average molecular weight is 270 g/mol. The molecule has 0 aliphatic rings. The lowest BCUT2D eigenvalue weighted by molar-refractivity contribution is 0.0602. The van der Waals surface area contributed by atoms with Gasteiger partial charge in [-0.1, -0.05) is 0 Å². The Morgan fingerprint density at radius 1 is 1.50 bits per heavy atom. The Kier molecular flexibility index (Phi) is 5.15. The number of ether oxygens (including phenoxy) is 1. The summed E-state index contributed by atoms with van der Waals surface area (Å²) >= 11 is 0. The van der Waals surface area contributed by atoms with Gasteiger partial charge in [0.15, 0.2) is 0 Å². The van der Waals surface area contributed by atoms with Crippen LogP contribution < -0.4 is 11.1 Å². The van der Waals surface area contributed by atoms with E-state index in [1.807, 2.05) is 13.0 Å². The molecule has 0 saturated carbocycles. The van der Waals surface area contributed by atoms with Gasteiger partial charge in [0.05, 0.1) is 12.7 Å². The number of methoxy groups -OCH3 is 1. The van der Waals surface area contributed by atoms with Crippen LogP contribution in [0.3, 0.4) is 0 Å². The van der Waals surface area contributed by atoms with Crippen molar-refractivity contribution in [1.82, 2.24) is 0 Å². The second-order valence-corrected chi connectivity index (χ2v) is 5.50. The van der Waals surface area contributed by atoms with Gasteiger partial charge in [0, 0.05) is 40.7 Å². The zero-order valence-corrected chi connectivity index (χ0v) is 11.6. The third-order valence-corrected chi connectivity index (χ3v) is 3.29. The van der Waals surface area contributed by atoms with Crippen LogP contribution in [0.4, 0.5) is 11.4 Å². The van der Waals surface area contributed by atoms with Gasteiger partial charge < -0.3 is 15.8 Å². The van der Waals surface area contributed by atoms with Gasteiger partial charge in [-0.3, -0.25) is 4.21 Å². The van der Waals surface area contributed by atoms with Gasteiger partial charge in [0.1, 0.15) is 0 Å². The minimum atomic E-state index is -0.844. The molecule has 0 spiro atoms. The summed E-state index contributed by atoms with van der Waals surface area (Å²) in [5.74, 6) is 0.0927. The fourth-order valence-electron chi connectivity index (χ4n) is 1.52. The molecule has 0 heterocycles. The Labute approximate surface area is 109 Å². The molecule has 100 valence electrons. The van der Waals surface area contributed by atoms with Crippen molar-refractivity contribution in [3.05, 3.63) is 23.3 Å². The van der Waals surface area contributed by atoms with E-state index in [4.69, 9.17) is 5.73 Å². The standard InChI is InChI=1S/C12H18N2O3S/c1-8-6-9(14-4-5-18(3)16)7-10(11(8)13)12(15)17-2/h6-7,14H,4-5,13H2,1-3H3. The predicted molar refractivity (Wildman–Crippen MR) is 74.4 cm³/mol. The molecule has 0 aromatic heterocycles. The Balaban J connectivity index is 2.90. The van der Waals surface area contributed by atoms with E-state index in [-0.39, 0.29) is 0 Å². The van der Waals surface area contributed by atoms with E-state index in [0.717, 1.165) is 11.3 Å². The number of benzene rings is 1. The number of anilines is 2. The van der Waals surface area contributed by atoms with Crippen molar-refractivity contribution in [1.29, 1.82) is 0 Å². The number of nitrogen functional groups attached to an aromatic ring is 1. The van der Waals surface area contributed by atoms with E-state index in [0.29, 0.717) is 23.5 Å². The van der Waals surface area contributed by atoms with E-state index < -0.39 is 16.8 Å². The minimum Gasteiger partial charge on any atom is -0.465 e. The summed E-state index contributed by atoms with van der Waals surface area (Å²) in [4.78, 5) is 11.5. The highest BCUT2D eigenvalue weighted by Gasteiger charge is 2.13. The number of esters is 1. The normalized spacial score (nSPS) is 11.9. The lowest BCUT2D eigenvalue weighted by Gasteiger charge is -2.11. The number of hydrogen-bond donors (Lipinski definition) is 2. The van der Waals surface area contributed by atoms with Crippen LogP contribution in [0.1, 0.15) is 15.9 Å². The molecule has 5 nitrogen and oxygen atoms in total. The van der Waals surface area contributed by atoms with Gasteiger partial charge in [0.2, 0.25) is 0 Å². The first kappa shape index (κ1) is 14.5. The third kappa shape index (κ3) is 3.73. The maximum atomic E-state index is 11.5. The Morgan fingerprint density at radius 2 is 2.17 bits per heavy atom. The number of nitrogens with two attached hydrogens (primary N) is 1. The van der Waals surface area contributed by atoms with Crippen molar-refractivity contribution >= 4 is 28.1 Å². The van der Waals surface area contributed by atoms with Crippen LogP contribution in [0.5, 0.6) is 0 Å². The quantitative estimate of drug-likeness (QED) is 0.619. The summed E-state index contributed by atoms with van der Waals surface area (Å²) in [5.41, 5.74) is 8.17. The minimum absolute atomic E-state index is 0.345. The van der Waals surface area contributed by atoms with Crippen LogP contribution >= 0.6 is 0 Å². The summed E-state index contributed by atoms with van der Waals surface area (Å²) in [6.45, 7) is 2.40. The first-order valence-electron chi connectivity index (χ1n) is 5.48. The highest BCUT2D eigenvalue weighted by molar-refractivity contribution is 7.84. The summed E-state index contributed by atoms with van der Waals surface area (Å²) in [7, 11) is 0.473. The SMILES string of the molecule is COC(=O)c1cc(NCCS(C)=O)cc(C)c1N. The van der Waals surface area contributed by atoms with E-state index in [2.05, 4.69) is 10.1 Å². The first-order valence-corrected chi connectivity index (χ1v) is 7.20. The van der Waals surface area contributed by atoms with Gasteiger partial charge in [-0.2, -0.15) is 0 Å². The number of rotatable bonds is 5. The van der Waals surface area contributed by atoms with Crippen LogP contribution in [-0.2, 0) is 15.5 Å². The van der Waals surface area contributed by atoms with Crippen molar-refractivity contribution in [2.75, 3.05) is 36.7 Å². The van der Waals surface area contributed by atoms with Crippen LogP contribution in [0, 0.1) is 6.92 Å². The molecule has 1 aromatic rings. The highest BCUT2D eigenvalue weighted by atomic mass is 32.2. The molecule has 0 amide bonds. The fourth-order valence-corrected chi connectivity index (χ4v) is 1.91. The molecule has 0 aliphatic carbocycles. The van der Waals surface area contributed by atoms with Crippen LogP contribution in [0.25, 0.3) is 0 Å². The van der Waals surface area contributed by atoms with Crippen molar-refractivity contribution < 1.29 is 13.7 Å². The molecule has 0 radical (unpaired) electrons. The van der Waals surface area contributed by atoms with E-state index in [1.165, 1.54) is 7.11 Å². The monoisotopic (exact) mass is 270 g/mol. The number of aryl methyl sites for hydroxylation is 1. The maximum absolute atomic E-state index is 11.5. The molecule has 1 rings (SSSR count). The largest absolute Gasteiger partial charge is 0.465 e. The lowest BCUT2D eigenvalue weighted by atomic mass is 10.1. The molecule has 3 N–H and O–H groups in total. The van der Waals surface area contributed by atoms with Gasteiger partial charge in [-0.15, -0.1) is 0 Å². The summed E-state index contributed by atoms with van der Waals surface area (Å²) in [6.07, 6.45) is 1.65. The number of nitrogens with one attached hydrogen (secondary N) is 1. The summed E-state index contributed by atoms with van der Waals surface area (Å²) in [5, 5.41) is 3.11. The Morgan fingerprint density at radius 3 is 2.72 bits per heavy atom. The smallest absolute Gasteiger partial charge is 0.340 e. The molecule has 1 unspecified atom stereocenters. The van der Waals surface area contributed by atoms with Gasteiger partial charge in [0.25, 0.3) is 0 Å². The summed E-state index contributed by atoms with van der Waals surface area (Å²) in [6, 6.07) is 3.49. The van der Waals surface area contributed by atoms with Crippen LogP contribution in [0.2, 0.25) is 0 Å². The topological polar surface area (TPSA) is 81.4 Å². The molecular weight excluding hydrogens is 252 g/mol. The maximum Gasteiger partial charge on any atom is 0.340 e. The number of carbonyl (C=O) groups is 1.